The summed E-state index contributed by atoms with van der Waals surface area (Å²) in [6, 6.07) is 0. The molecular weight excluding hydrogens is 184 g/mol. The van der Waals surface area contributed by atoms with E-state index in [0.29, 0.717) is 26.2 Å². The predicted molar refractivity (Wildman–Crippen MR) is 50.7 cm³/mol. The van der Waals surface area contributed by atoms with Crippen molar-refractivity contribution in [3.63, 3.8) is 0 Å². The first-order valence-corrected chi connectivity index (χ1v) is 5.16. The van der Waals surface area contributed by atoms with Crippen LogP contribution < -0.4 is 0 Å². The molecule has 4 nitrogen and oxygen atoms in total. The molecule has 0 N–H and O–H groups in total. The van der Waals surface area contributed by atoms with Gasteiger partial charge in [0.15, 0.2) is 6.29 Å². The second-order valence-corrected chi connectivity index (χ2v) is 3.25. The highest BCUT2D eigenvalue weighted by Gasteiger charge is 2.30. The molecule has 1 aliphatic rings. The van der Waals surface area contributed by atoms with Gasteiger partial charge in [0.2, 0.25) is 0 Å². The first-order chi connectivity index (χ1) is 6.77. The van der Waals surface area contributed by atoms with E-state index in [1.807, 2.05) is 13.8 Å². The van der Waals surface area contributed by atoms with Gasteiger partial charge in [0.05, 0.1) is 19.6 Å². The first kappa shape index (κ1) is 11.5. The average Bonchev–Trinajstić information content (AvgIpc) is 2.54. The number of carbonyl (C=O) groups is 1. The Morgan fingerprint density at radius 3 is 2.86 bits per heavy atom. The molecule has 0 aromatic carbocycles. The molecule has 0 aromatic heterocycles. The largest absolute Gasteiger partial charge is 0.466 e. The summed E-state index contributed by atoms with van der Waals surface area (Å²) in [6.45, 7) is 5.45. The van der Waals surface area contributed by atoms with Crippen molar-refractivity contribution in [2.75, 3.05) is 19.8 Å². The van der Waals surface area contributed by atoms with Gasteiger partial charge < -0.3 is 14.2 Å². The molecule has 14 heavy (non-hydrogen) atoms. The lowest BCUT2D eigenvalue weighted by Crippen LogP contribution is -2.23. The van der Waals surface area contributed by atoms with Crippen molar-refractivity contribution in [1.29, 1.82) is 0 Å². The van der Waals surface area contributed by atoms with Crippen LogP contribution in [0.4, 0.5) is 0 Å². The topological polar surface area (TPSA) is 44.8 Å². The van der Waals surface area contributed by atoms with Gasteiger partial charge in [-0.1, -0.05) is 0 Å². The lowest BCUT2D eigenvalue weighted by molar-refractivity contribution is -0.153. The molecule has 1 saturated heterocycles. The van der Waals surface area contributed by atoms with Gasteiger partial charge in [-0.05, 0) is 20.3 Å². The van der Waals surface area contributed by atoms with E-state index in [-0.39, 0.29) is 18.2 Å². The molecule has 1 rings (SSSR count). The maximum atomic E-state index is 11.2. The van der Waals surface area contributed by atoms with Gasteiger partial charge in [-0.2, -0.15) is 0 Å². The summed E-state index contributed by atoms with van der Waals surface area (Å²) in [5.74, 6) is 0.00158. The Morgan fingerprint density at radius 1 is 1.43 bits per heavy atom. The summed E-state index contributed by atoms with van der Waals surface area (Å²) < 4.78 is 15.6. The minimum atomic E-state index is -0.218. The smallest absolute Gasteiger partial charge is 0.306 e. The van der Waals surface area contributed by atoms with Crippen LogP contribution in [0.25, 0.3) is 0 Å². The molecule has 0 bridgehead atoms. The summed E-state index contributed by atoms with van der Waals surface area (Å²) in [5.41, 5.74) is 0. The highest BCUT2D eigenvalue weighted by molar-refractivity contribution is 5.69. The monoisotopic (exact) mass is 202 g/mol. The van der Waals surface area contributed by atoms with Crippen LogP contribution in [0.3, 0.4) is 0 Å². The minimum absolute atomic E-state index is 0.160. The van der Waals surface area contributed by atoms with E-state index in [1.54, 1.807) is 0 Å². The standard InChI is InChI=1S/C10H18O4/c1-3-12-9(11)7-8-5-6-14-10(8)13-4-2/h8,10H,3-7H2,1-2H3/t8-,10+/m0/s1. The fourth-order valence-electron chi connectivity index (χ4n) is 1.59. The molecular formula is C10H18O4. The Balaban J connectivity index is 2.31. The van der Waals surface area contributed by atoms with E-state index in [1.165, 1.54) is 0 Å². The van der Waals surface area contributed by atoms with E-state index in [0.717, 1.165) is 6.42 Å². The first-order valence-electron chi connectivity index (χ1n) is 5.16. The van der Waals surface area contributed by atoms with Gasteiger partial charge in [-0.25, -0.2) is 0 Å². The second kappa shape index (κ2) is 5.98. The molecule has 0 aliphatic carbocycles. The zero-order chi connectivity index (χ0) is 10.4. The highest BCUT2D eigenvalue weighted by Crippen LogP contribution is 2.25. The van der Waals surface area contributed by atoms with Crippen molar-refractivity contribution in [3.8, 4) is 0 Å². The zero-order valence-corrected chi connectivity index (χ0v) is 8.82. The maximum absolute atomic E-state index is 11.2. The molecule has 0 unspecified atom stereocenters. The number of carbonyl (C=O) groups excluding carboxylic acids is 1. The lowest BCUT2D eigenvalue weighted by Gasteiger charge is -2.17. The minimum Gasteiger partial charge on any atom is -0.466 e. The van der Waals surface area contributed by atoms with Crippen molar-refractivity contribution >= 4 is 5.97 Å². The van der Waals surface area contributed by atoms with Crippen molar-refractivity contribution in [2.24, 2.45) is 5.92 Å². The van der Waals surface area contributed by atoms with Gasteiger partial charge >= 0.3 is 5.97 Å². The van der Waals surface area contributed by atoms with Crippen LogP contribution in [-0.2, 0) is 19.0 Å². The highest BCUT2D eigenvalue weighted by atomic mass is 16.7. The number of rotatable bonds is 5. The van der Waals surface area contributed by atoms with Crippen LogP contribution >= 0.6 is 0 Å². The van der Waals surface area contributed by atoms with Crippen LogP contribution in [0, 0.1) is 5.92 Å². The van der Waals surface area contributed by atoms with Gasteiger partial charge in [0.1, 0.15) is 0 Å². The Hall–Kier alpha value is -0.610. The predicted octanol–water partition coefficient (Wildman–Crippen LogP) is 1.34. The quantitative estimate of drug-likeness (QED) is 0.631. The third kappa shape index (κ3) is 3.27. The normalized spacial score (nSPS) is 26.4. The van der Waals surface area contributed by atoms with Crippen molar-refractivity contribution in [3.05, 3.63) is 0 Å². The summed E-state index contributed by atoms with van der Waals surface area (Å²) in [5, 5.41) is 0. The lowest BCUT2D eigenvalue weighted by atomic mass is 10.0. The fourth-order valence-corrected chi connectivity index (χ4v) is 1.59. The number of ether oxygens (including phenoxy) is 3. The van der Waals surface area contributed by atoms with Crippen molar-refractivity contribution < 1.29 is 19.0 Å². The molecule has 1 heterocycles. The van der Waals surface area contributed by atoms with Gasteiger partial charge in [-0.15, -0.1) is 0 Å². The maximum Gasteiger partial charge on any atom is 0.306 e. The molecule has 2 atom stereocenters. The number of hydrogen-bond acceptors (Lipinski definition) is 4. The van der Waals surface area contributed by atoms with E-state index >= 15 is 0 Å². The van der Waals surface area contributed by atoms with Gasteiger partial charge in [-0.3, -0.25) is 4.79 Å². The van der Waals surface area contributed by atoms with E-state index in [9.17, 15) is 4.79 Å². The molecule has 0 spiro atoms. The van der Waals surface area contributed by atoms with Crippen LogP contribution in [0.2, 0.25) is 0 Å². The van der Waals surface area contributed by atoms with Crippen LogP contribution in [-0.4, -0.2) is 32.1 Å². The molecule has 0 aromatic rings. The van der Waals surface area contributed by atoms with E-state index in [4.69, 9.17) is 14.2 Å². The molecule has 0 saturated carbocycles. The Labute approximate surface area is 84.5 Å². The molecule has 0 radical (unpaired) electrons. The molecule has 82 valence electrons. The van der Waals surface area contributed by atoms with Crippen molar-refractivity contribution in [2.45, 2.75) is 33.0 Å². The third-order valence-electron chi connectivity index (χ3n) is 2.22. The number of hydrogen-bond donors (Lipinski definition) is 0. The van der Waals surface area contributed by atoms with Crippen molar-refractivity contribution in [1.82, 2.24) is 0 Å². The fraction of sp³-hybridized carbons (Fsp3) is 0.900. The Kier molecular flexibility index (Phi) is 4.90. The Morgan fingerprint density at radius 2 is 2.21 bits per heavy atom. The van der Waals surface area contributed by atoms with Gasteiger partial charge in [0, 0.05) is 12.5 Å². The van der Waals surface area contributed by atoms with E-state index < -0.39 is 0 Å². The second-order valence-electron chi connectivity index (χ2n) is 3.25. The average molecular weight is 202 g/mol. The van der Waals surface area contributed by atoms with Crippen LogP contribution in [0.15, 0.2) is 0 Å². The SMILES string of the molecule is CCOC(=O)C[C@@H]1CCO[C@H]1OCC. The summed E-state index contributed by atoms with van der Waals surface area (Å²) >= 11 is 0. The van der Waals surface area contributed by atoms with Crippen LogP contribution in [0.1, 0.15) is 26.7 Å². The number of esters is 1. The van der Waals surface area contributed by atoms with Gasteiger partial charge in [0.25, 0.3) is 0 Å². The van der Waals surface area contributed by atoms with Crippen LogP contribution in [0.5, 0.6) is 0 Å². The summed E-state index contributed by atoms with van der Waals surface area (Å²) in [4.78, 5) is 11.2. The molecule has 0 amide bonds. The third-order valence-corrected chi connectivity index (χ3v) is 2.22. The zero-order valence-electron chi connectivity index (χ0n) is 8.82. The summed E-state index contributed by atoms with van der Waals surface area (Å²) in [7, 11) is 0. The molecule has 4 heteroatoms. The van der Waals surface area contributed by atoms with E-state index in [2.05, 4.69) is 0 Å². The summed E-state index contributed by atoms with van der Waals surface area (Å²) in [6.07, 6.45) is 1.06. The Bertz CT molecular complexity index is 181. The molecule has 1 aliphatic heterocycles. The molecule has 1 fully saturated rings.